The molecule has 0 heterocycles. The van der Waals surface area contributed by atoms with Crippen molar-refractivity contribution in [1.82, 2.24) is 0 Å². The summed E-state index contributed by atoms with van der Waals surface area (Å²) in [7, 11) is 0. The first kappa shape index (κ1) is 9.33. The van der Waals surface area contributed by atoms with Crippen LogP contribution in [-0.2, 0) is 0 Å². The highest BCUT2D eigenvalue weighted by Crippen LogP contribution is 2.14. The van der Waals surface area contributed by atoms with Crippen LogP contribution in [0.25, 0.3) is 0 Å². The summed E-state index contributed by atoms with van der Waals surface area (Å²) in [6.45, 7) is 2.95. The van der Waals surface area contributed by atoms with Gasteiger partial charge in [0.1, 0.15) is 5.75 Å². The van der Waals surface area contributed by atoms with Gasteiger partial charge in [-0.15, -0.1) is 0 Å². The molecule has 12 heavy (non-hydrogen) atoms. The van der Waals surface area contributed by atoms with Crippen LogP contribution in [0.4, 0.5) is 0 Å². The van der Waals surface area contributed by atoms with Crippen LogP contribution in [0.15, 0.2) is 29.2 Å². The molecule has 0 unspecified atom stereocenters. The van der Waals surface area contributed by atoms with Crippen molar-refractivity contribution >= 4 is 12.6 Å². The van der Waals surface area contributed by atoms with Crippen molar-refractivity contribution in [3.8, 4) is 5.75 Å². The third-order valence-corrected chi connectivity index (χ3v) is 1.86. The van der Waals surface area contributed by atoms with Crippen LogP contribution in [0, 0.1) is 0 Å². The van der Waals surface area contributed by atoms with Crippen LogP contribution < -0.4 is 4.74 Å². The fraction of sp³-hybridized carbons (Fsp3) is 0.400. The minimum Gasteiger partial charge on any atom is -0.494 e. The molecule has 0 aliphatic rings. The number of rotatable bonds is 4. The lowest BCUT2D eigenvalue weighted by atomic mass is 10.3. The molecule has 0 aliphatic heterocycles. The molecule has 0 amide bonds. The van der Waals surface area contributed by atoms with Crippen molar-refractivity contribution in [3.63, 3.8) is 0 Å². The first-order valence-corrected chi connectivity index (χ1v) is 4.63. The summed E-state index contributed by atoms with van der Waals surface area (Å²) in [6.07, 6.45) is 2.27. The normalized spacial score (nSPS) is 9.75. The fourth-order valence-electron chi connectivity index (χ4n) is 0.870. The van der Waals surface area contributed by atoms with E-state index in [0.29, 0.717) is 0 Å². The van der Waals surface area contributed by atoms with E-state index in [-0.39, 0.29) is 0 Å². The summed E-state index contributed by atoms with van der Waals surface area (Å²) in [5.41, 5.74) is 0. The highest BCUT2D eigenvalue weighted by Gasteiger charge is 1.91. The first-order valence-electron chi connectivity index (χ1n) is 4.23. The van der Waals surface area contributed by atoms with E-state index in [1.54, 1.807) is 0 Å². The minimum atomic E-state index is 0.799. The molecule has 0 N–H and O–H groups in total. The lowest BCUT2D eigenvalue weighted by molar-refractivity contribution is 0.309. The van der Waals surface area contributed by atoms with Gasteiger partial charge in [0.25, 0.3) is 0 Å². The molecule has 1 nitrogen and oxygen atoms in total. The molecule has 0 bridgehead atoms. The Balaban J connectivity index is 2.37. The average molecular weight is 181 g/mol. The molecule has 0 atom stereocenters. The largest absolute Gasteiger partial charge is 0.494 e. The number of unbranched alkanes of at least 4 members (excludes halogenated alkanes) is 1. The van der Waals surface area contributed by atoms with E-state index in [4.69, 9.17) is 17.4 Å². The minimum absolute atomic E-state index is 0.799. The predicted molar refractivity (Wildman–Crippen MR) is 52.7 cm³/mol. The zero-order chi connectivity index (χ0) is 8.81. The molecule has 0 aliphatic carbocycles. The standard InChI is InChI=1S/C10H13OS/c1-2-3-8-11-9-4-6-10(12)7-5-9/h4-7H,2-3,8H2,1H3. The molecule has 0 fully saturated rings. The van der Waals surface area contributed by atoms with Crippen molar-refractivity contribution in [2.24, 2.45) is 0 Å². The van der Waals surface area contributed by atoms with E-state index >= 15 is 0 Å². The summed E-state index contributed by atoms with van der Waals surface area (Å²) in [5.74, 6) is 0.914. The Hall–Kier alpha value is -0.760. The van der Waals surface area contributed by atoms with E-state index in [1.165, 1.54) is 6.42 Å². The third kappa shape index (κ3) is 3.09. The highest BCUT2D eigenvalue weighted by molar-refractivity contribution is 7.80. The molecule has 1 aromatic carbocycles. The summed E-state index contributed by atoms with van der Waals surface area (Å²) in [6, 6.07) is 7.60. The molecular weight excluding hydrogens is 168 g/mol. The van der Waals surface area contributed by atoms with Crippen LogP contribution in [0.5, 0.6) is 5.75 Å². The number of hydrogen-bond acceptors (Lipinski definition) is 1. The quantitative estimate of drug-likeness (QED) is 0.647. The Morgan fingerprint density at radius 1 is 1.25 bits per heavy atom. The molecule has 1 rings (SSSR count). The topological polar surface area (TPSA) is 9.23 Å². The molecule has 1 aromatic rings. The third-order valence-electron chi connectivity index (χ3n) is 1.59. The summed E-state index contributed by atoms with van der Waals surface area (Å²) in [4.78, 5) is 0.859. The highest BCUT2D eigenvalue weighted by atomic mass is 32.1. The Labute approximate surface area is 79.2 Å². The van der Waals surface area contributed by atoms with Gasteiger partial charge in [-0.3, -0.25) is 0 Å². The van der Waals surface area contributed by atoms with Gasteiger partial charge in [0.05, 0.1) is 6.61 Å². The van der Waals surface area contributed by atoms with Crippen molar-refractivity contribution in [2.45, 2.75) is 24.7 Å². The molecule has 0 saturated heterocycles. The van der Waals surface area contributed by atoms with Gasteiger partial charge < -0.3 is 4.74 Å². The Kier molecular flexibility index (Phi) is 3.88. The van der Waals surface area contributed by atoms with Gasteiger partial charge in [0.15, 0.2) is 0 Å². The lowest BCUT2D eigenvalue weighted by Crippen LogP contribution is -1.95. The molecule has 0 spiro atoms. The zero-order valence-corrected chi connectivity index (χ0v) is 8.06. The molecule has 0 saturated carbocycles. The smallest absolute Gasteiger partial charge is 0.119 e. The Morgan fingerprint density at radius 3 is 2.50 bits per heavy atom. The van der Waals surface area contributed by atoms with Crippen LogP contribution in [0.1, 0.15) is 19.8 Å². The second-order valence-corrected chi connectivity index (χ2v) is 3.14. The van der Waals surface area contributed by atoms with Crippen molar-refractivity contribution in [1.29, 1.82) is 0 Å². The maximum atomic E-state index is 5.46. The maximum absolute atomic E-state index is 5.46. The first-order chi connectivity index (χ1) is 5.83. The monoisotopic (exact) mass is 181 g/mol. The SMILES string of the molecule is CCCCOc1ccc([S])cc1. The molecule has 2 heteroatoms. The van der Waals surface area contributed by atoms with E-state index in [1.807, 2.05) is 24.3 Å². The Morgan fingerprint density at radius 2 is 1.92 bits per heavy atom. The van der Waals surface area contributed by atoms with Crippen LogP contribution >= 0.6 is 12.6 Å². The van der Waals surface area contributed by atoms with Crippen LogP contribution in [0.2, 0.25) is 0 Å². The van der Waals surface area contributed by atoms with E-state index in [2.05, 4.69) is 6.92 Å². The van der Waals surface area contributed by atoms with E-state index in [0.717, 1.165) is 23.7 Å². The summed E-state index contributed by atoms with van der Waals surface area (Å²) < 4.78 is 5.46. The summed E-state index contributed by atoms with van der Waals surface area (Å²) >= 11 is 4.95. The maximum Gasteiger partial charge on any atom is 0.119 e. The average Bonchev–Trinajstić information content (AvgIpc) is 2.09. The van der Waals surface area contributed by atoms with E-state index in [9.17, 15) is 0 Å². The lowest BCUT2D eigenvalue weighted by Gasteiger charge is -2.03. The zero-order valence-electron chi connectivity index (χ0n) is 7.25. The summed E-state index contributed by atoms with van der Waals surface area (Å²) in [5, 5.41) is 0. The molecule has 1 radical (unpaired) electrons. The second-order valence-electron chi connectivity index (χ2n) is 2.67. The Bertz CT molecular complexity index is 218. The number of benzene rings is 1. The van der Waals surface area contributed by atoms with Gasteiger partial charge in [-0.1, -0.05) is 26.0 Å². The van der Waals surface area contributed by atoms with Crippen molar-refractivity contribution < 1.29 is 4.74 Å². The number of ether oxygens (including phenoxy) is 1. The van der Waals surface area contributed by atoms with Crippen molar-refractivity contribution in [3.05, 3.63) is 24.3 Å². The van der Waals surface area contributed by atoms with E-state index < -0.39 is 0 Å². The number of hydrogen-bond donors (Lipinski definition) is 0. The molecule has 65 valence electrons. The predicted octanol–water partition coefficient (Wildman–Crippen LogP) is 3.42. The van der Waals surface area contributed by atoms with Gasteiger partial charge in [0.2, 0.25) is 0 Å². The van der Waals surface area contributed by atoms with Gasteiger partial charge in [-0.05, 0) is 30.7 Å². The van der Waals surface area contributed by atoms with Gasteiger partial charge in [0, 0.05) is 4.90 Å². The molecular formula is C10H13OS. The van der Waals surface area contributed by atoms with Gasteiger partial charge >= 0.3 is 0 Å². The van der Waals surface area contributed by atoms with Gasteiger partial charge in [-0.2, -0.15) is 0 Å². The fourth-order valence-corrected chi connectivity index (χ4v) is 1.01. The van der Waals surface area contributed by atoms with Crippen LogP contribution in [0.3, 0.4) is 0 Å². The van der Waals surface area contributed by atoms with Crippen molar-refractivity contribution in [2.75, 3.05) is 6.61 Å². The van der Waals surface area contributed by atoms with Crippen LogP contribution in [-0.4, -0.2) is 6.61 Å². The second kappa shape index (κ2) is 4.99. The van der Waals surface area contributed by atoms with Gasteiger partial charge in [-0.25, -0.2) is 0 Å². The molecule has 0 aromatic heterocycles.